The molecule has 1 saturated carbocycles. The molecule has 0 radical (unpaired) electrons. The zero-order valence-corrected chi connectivity index (χ0v) is 15.9. The molecule has 0 bridgehead atoms. The summed E-state index contributed by atoms with van der Waals surface area (Å²) in [5, 5.41) is 5.39. The van der Waals surface area contributed by atoms with Crippen LogP contribution in [0, 0.1) is 0 Å². The summed E-state index contributed by atoms with van der Waals surface area (Å²) in [5.41, 5.74) is 0.979. The summed E-state index contributed by atoms with van der Waals surface area (Å²) in [6.45, 7) is 1.39. The van der Waals surface area contributed by atoms with E-state index >= 15 is 0 Å². The molecule has 0 heterocycles. The molecule has 0 spiro atoms. The van der Waals surface area contributed by atoms with Crippen molar-refractivity contribution < 1.29 is 18.0 Å². The van der Waals surface area contributed by atoms with Crippen molar-refractivity contribution in [2.45, 2.75) is 42.2 Å². The van der Waals surface area contributed by atoms with Crippen molar-refractivity contribution in [1.82, 2.24) is 0 Å². The number of anilines is 2. The molecule has 1 aliphatic rings. The van der Waals surface area contributed by atoms with Crippen molar-refractivity contribution in [3.8, 4) is 0 Å². The highest BCUT2D eigenvalue weighted by Gasteiger charge is 2.52. The molecule has 6 nitrogen and oxygen atoms in total. The summed E-state index contributed by atoms with van der Waals surface area (Å²) < 4.78 is 25.1. The van der Waals surface area contributed by atoms with Gasteiger partial charge in [-0.3, -0.25) is 9.59 Å². The molecule has 2 amide bonds. The van der Waals surface area contributed by atoms with Crippen molar-refractivity contribution in [3.05, 3.63) is 54.6 Å². The lowest BCUT2D eigenvalue weighted by Crippen LogP contribution is -2.47. The first kappa shape index (κ1) is 19.1. The Labute approximate surface area is 158 Å². The van der Waals surface area contributed by atoms with Gasteiger partial charge >= 0.3 is 0 Å². The third kappa shape index (κ3) is 3.73. The number of hydrogen-bond acceptors (Lipinski definition) is 4. The van der Waals surface area contributed by atoms with E-state index in [1.165, 1.54) is 19.1 Å². The van der Waals surface area contributed by atoms with Crippen LogP contribution >= 0.6 is 0 Å². The van der Waals surface area contributed by atoms with Crippen molar-refractivity contribution in [1.29, 1.82) is 0 Å². The van der Waals surface area contributed by atoms with E-state index in [4.69, 9.17) is 0 Å². The minimum atomic E-state index is -3.83. The molecule has 2 N–H and O–H groups in total. The van der Waals surface area contributed by atoms with Crippen LogP contribution in [0.5, 0.6) is 0 Å². The zero-order valence-electron chi connectivity index (χ0n) is 15.1. The fourth-order valence-electron chi connectivity index (χ4n) is 3.51. The van der Waals surface area contributed by atoms with Crippen LogP contribution < -0.4 is 10.6 Å². The summed E-state index contributed by atoms with van der Waals surface area (Å²) >= 11 is 0. The van der Waals surface area contributed by atoms with Crippen LogP contribution in [0.3, 0.4) is 0 Å². The Morgan fingerprint density at radius 1 is 0.889 bits per heavy atom. The van der Waals surface area contributed by atoms with Crippen molar-refractivity contribution in [3.63, 3.8) is 0 Å². The third-order valence-corrected chi connectivity index (χ3v) is 7.35. The van der Waals surface area contributed by atoms with Crippen LogP contribution in [0.1, 0.15) is 32.6 Å². The predicted molar refractivity (Wildman–Crippen MR) is 104 cm³/mol. The fraction of sp³-hybridized carbons (Fsp3) is 0.300. The number of carbonyl (C=O) groups is 2. The maximum Gasteiger partial charge on any atom is 0.246 e. The SMILES string of the molecule is CC(=O)Nc1cccc(NC(=O)C2(S(=O)(=O)c3ccccc3)CCCC2)c1. The van der Waals surface area contributed by atoms with Crippen LogP contribution in [-0.4, -0.2) is 25.0 Å². The minimum Gasteiger partial charge on any atom is -0.326 e. The summed E-state index contributed by atoms with van der Waals surface area (Å²) in [5.74, 6) is -0.749. The number of carbonyl (C=O) groups excluding carboxylic acids is 2. The summed E-state index contributed by atoms with van der Waals surface area (Å²) in [6, 6.07) is 14.8. The van der Waals surface area contributed by atoms with E-state index in [1.54, 1.807) is 42.5 Å². The minimum absolute atomic E-state index is 0.161. The Kier molecular flexibility index (Phi) is 5.32. The van der Waals surface area contributed by atoms with Crippen molar-refractivity contribution in [2.24, 2.45) is 0 Å². The topological polar surface area (TPSA) is 92.3 Å². The number of amides is 2. The molecule has 0 aliphatic heterocycles. The van der Waals surface area contributed by atoms with Gasteiger partial charge < -0.3 is 10.6 Å². The third-order valence-electron chi connectivity index (χ3n) is 4.83. The molecule has 1 aliphatic carbocycles. The fourth-order valence-corrected chi connectivity index (χ4v) is 5.60. The first-order valence-electron chi connectivity index (χ1n) is 8.84. The lowest BCUT2D eigenvalue weighted by atomic mass is 10.1. The lowest BCUT2D eigenvalue weighted by molar-refractivity contribution is -0.118. The van der Waals surface area contributed by atoms with Crippen molar-refractivity contribution >= 4 is 33.0 Å². The number of rotatable bonds is 5. The van der Waals surface area contributed by atoms with Crippen LogP contribution in [0.15, 0.2) is 59.5 Å². The van der Waals surface area contributed by atoms with Gasteiger partial charge in [0.05, 0.1) is 4.90 Å². The Morgan fingerprint density at radius 2 is 1.48 bits per heavy atom. The van der Waals surface area contributed by atoms with Gasteiger partial charge in [0.2, 0.25) is 11.8 Å². The number of nitrogens with one attached hydrogen (secondary N) is 2. The van der Waals surface area contributed by atoms with Gasteiger partial charge in [0.25, 0.3) is 0 Å². The summed E-state index contributed by atoms with van der Waals surface area (Å²) in [7, 11) is -3.83. The van der Waals surface area contributed by atoms with Gasteiger partial charge in [-0.1, -0.05) is 37.1 Å². The smallest absolute Gasteiger partial charge is 0.246 e. The van der Waals surface area contributed by atoms with Crippen molar-refractivity contribution in [2.75, 3.05) is 10.6 Å². The van der Waals surface area contributed by atoms with E-state index in [0.29, 0.717) is 37.1 Å². The molecular weight excluding hydrogens is 364 g/mol. The molecule has 7 heteroatoms. The first-order chi connectivity index (χ1) is 12.8. The number of benzene rings is 2. The molecule has 2 aromatic carbocycles. The molecule has 1 fully saturated rings. The highest BCUT2D eigenvalue weighted by molar-refractivity contribution is 7.93. The molecule has 3 rings (SSSR count). The molecular formula is C20H22N2O4S. The largest absolute Gasteiger partial charge is 0.326 e. The van der Waals surface area contributed by atoms with Crippen LogP contribution in [0.4, 0.5) is 11.4 Å². The van der Waals surface area contributed by atoms with Gasteiger partial charge in [-0.15, -0.1) is 0 Å². The number of sulfone groups is 1. The van der Waals surface area contributed by atoms with Gasteiger partial charge in [-0.2, -0.15) is 0 Å². The van der Waals surface area contributed by atoms with Gasteiger partial charge in [0.1, 0.15) is 0 Å². The van der Waals surface area contributed by atoms with E-state index in [2.05, 4.69) is 10.6 Å². The molecule has 142 valence electrons. The van der Waals surface area contributed by atoms with Gasteiger partial charge in [0.15, 0.2) is 14.6 Å². The van der Waals surface area contributed by atoms with E-state index < -0.39 is 20.5 Å². The Balaban J connectivity index is 1.92. The van der Waals surface area contributed by atoms with E-state index in [-0.39, 0.29) is 10.8 Å². The standard InChI is InChI=1S/C20H22N2O4S/c1-15(23)21-16-8-7-9-17(14-16)22-19(24)20(12-5-6-13-20)27(25,26)18-10-3-2-4-11-18/h2-4,7-11,14H,5-6,12-13H2,1H3,(H,21,23)(H,22,24). The highest BCUT2D eigenvalue weighted by Crippen LogP contribution is 2.41. The van der Waals surface area contributed by atoms with Crippen LogP contribution in [0.2, 0.25) is 0 Å². The monoisotopic (exact) mass is 386 g/mol. The number of hydrogen-bond donors (Lipinski definition) is 2. The maximum absolute atomic E-state index is 13.3. The maximum atomic E-state index is 13.3. The Hall–Kier alpha value is -2.67. The zero-order chi connectivity index (χ0) is 19.5. The summed E-state index contributed by atoms with van der Waals surface area (Å²) in [4.78, 5) is 24.5. The molecule has 0 unspecified atom stereocenters. The second-order valence-corrected chi connectivity index (χ2v) is 8.99. The lowest BCUT2D eigenvalue weighted by Gasteiger charge is -2.27. The van der Waals surface area contributed by atoms with Crippen LogP contribution in [0.25, 0.3) is 0 Å². The second-order valence-electron chi connectivity index (χ2n) is 6.73. The van der Waals surface area contributed by atoms with E-state index in [9.17, 15) is 18.0 Å². The molecule has 0 atom stereocenters. The molecule has 2 aromatic rings. The van der Waals surface area contributed by atoms with Crippen LogP contribution in [-0.2, 0) is 19.4 Å². The first-order valence-corrected chi connectivity index (χ1v) is 10.3. The van der Waals surface area contributed by atoms with Gasteiger partial charge in [-0.25, -0.2) is 8.42 Å². The predicted octanol–water partition coefficient (Wildman–Crippen LogP) is 3.37. The molecule has 0 aromatic heterocycles. The Bertz CT molecular complexity index is 949. The normalized spacial score (nSPS) is 15.9. The van der Waals surface area contributed by atoms with E-state index in [0.717, 1.165) is 0 Å². The average Bonchev–Trinajstić information content (AvgIpc) is 3.14. The van der Waals surface area contributed by atoms with Gasteiger partial charge in [0, 0.05) is 18.3 Å². The summed E-state index contributed by atoms with van der Waals surface area (Å²) in [6.07, 6.45) is 1.96. The average molecular weight is 386 g/mol. The molecule has 27 heavy (non-hydrogen) atoms. The van der Waals surface area contributed by atoms with Gasteiger partial charge in [-0.05, 0) is 43.2 Å². The Morgan fingerprint density at radius 3 is 2.07 bits per heavy atom. The molecule has 0 saturated heterocycles. The highest BCUT2D eigenvalue weighted by atomic mass is 32.2. The van der Waals surface area contributed by atoms with E-state index in [1.807, 2.05) is 0 Å². The second kappa shape index (κ2) is 7.52. The quantitative estimate of drug-likeness (QED) is 0.824.